The van der Waals surface area contributed by atoms with Gasteiger partial charge in [0.25, 0.3) is 0 Å². The van der Waals surface area contributed by atoms with Crippen LogP contribution in [-0.4, -0.2) is 44.9 Å². The van der Waals surface area contributed by atoms with Crippen LogP contribution in [0.15, 0.2) is 53.4 Å². The number of carbonyl (C=O) groups is 2. The first-order valence-electron chi connectivity index (χ1n) is 9.92. The van der Waals surface area contributed by atoms with Crippen LogP contribution in [0, 0.1) is 11.7 Å². The molecule has 0 saturated carbocycles. The Kier molecular flexibility index (Phi) is 7.24. The van der Waals surface area contributed by atoms with Crippen molar-refractivity contribution in [1.82, 2.24) is 9.62 Å². The highest BCUT2D eigenvalue weighted by Crippen LogP contribution is 2.20. The van der Waals surface area contributed by atoms with E-state index in [1.165, 1.54) is 55.5 Å². The smallest absolute Gasteiger partial charge is 0.321 e. The van der Waals surface area contributed by atoms with E-state index < -0.39 is 10.0 Å². The van der Waals surface area contributed by atoms with Crippen LogP contribution in [0.3, 0.4) is 0 Å². The van der Waals surface area contributed by atoms with Gasteiger partial charge >= 0.3 is 6.03 Å². The molecule has 8 nitrogen and oxygen atoms in total. The summed E-state index contributed by atoms with van der Waals surface area (Å²) in [6, 6.07) is 11.2. The lowest BCUT2D eigenvalue weighted by molar-refractivity contribution is -0.114. The zero-order valence-corrected chi connectivity index (χ0v) is 17.9. The first-order valence-corrected chi connectivity index (χ1v) is 11.4. The Balaban J connectivity index is 1.46. The van der Waals surface area contributed by atoms with Crippen molar-refractivity contribution >= 4 is 33.3 Å². The monoisotopic (exact) mass is 448 g/mol. The topological polar surface area (TPSA) is 108 Å². The zero-order valence-electron chi connectivity index (χ0n) is 17.1. The minimum Gasteiger partial charge on any atom is -0.326 e. The SMILES string of the molecule is CC(=O)Nc1ccc(S(=O)(=O)NCC2CCN(C(=O)Nc3ccc(F)cc3)CC2)cc1. The molecule has 3 rings (SSSR count). The minimum atomic E-state index is -3.67. The van der Waals surface area contributed by atoms with Crippen molar-refractivity contribution in [2.24, 2.45) is 5.92 Å². The largest absolute Gasteiger partial charge is 0.326 e. The van der Waals surface area contributed by atoms with Crippen molar-refractivity contribution in [3.63, 3.8) is 0 Å². The fourth-order valence-corrected chi connectivity index (χ4v) is 4.42. The lowest BCUT2D eigenvalue weighted by Gasteiger charge is -2.32. The van der Waals surface area contributed by atoms with E-state index in [1.807, 2.05) is 0 Å². The molecular weight excluding hydrogens is 423 g/mol. The van der Waals surface area contributed by atoms with Crippen LogP contribution < -0.4 is 15.4 Å². The van der Waals surface area contributed by atoms with Crippen LogP contribution in [0.2, 0.25) is 0 Å². The highest BCUT2D eigenvalue weighted by molar-refractivity contribution is 7.89. The van der Waals surface area contributed by atoms with Gasteiger partial charge in [-0.3, -0.25) is 4.79 Å². The molecule has 31 heavy (non-hydrogen) atoms. The molecule has 1 aliphatic heterocycles. The molecule has 3 N–H and O–H groups in total. The van der Waals surface area contributed by atoms with Crippen LogP contribution in [0.25, 0.3) is 0 Å². The summed E-state index contributed by atoms with van der Waals surface area (Å²) in [6.07, 6.45) is 1.33. The first-order chi connectivity index (χ1) is 14.7. The molecule has 0 bridgehead atoms. The average Bonchev–Trinajstić information content (AvgIpc) is 2.74. The Bertz CT molecular complexity index is 1020. The molecule has 1 aliphatic rings. The van der Waals surface area contributed by atoms with E-state index in [1.54, 1.807) is 4.90 Å². The maximum Gasteiger partial charge on any atom is 0.321 e. The van der Waals surface area contributed by atoms with Gasteiger partial charge in [-0.05, 0) is 67.3 Å². The summed E-state index contributed by atoms with van der Waals surface area (Å²) >= 11 is 0. The lowest BCUT2D eigenvalue weighted by atomic mass is 9.97. The van der Waals surface area contributed by atoms with Gasteiger partial charge in [-0.25, -0.2) is 22.3 Å². The van der Waals surface area contributed by atoms with Crippen molar-refractivity contribution in [2.45, 2.75) is 24.7 Å². The third kappa shape index (κ3) is 6.50. The number of hydrogen-bond acceptors (Lipinski definition) is 4. The summed E-state index contributed by atoms with van der Waals surface area (Å²) in [5, 5.41) is 5.32. The quantitative estimate of drug-likeness (QED) is 0.631. The molecule has 2 aromatic rings. The number of urea groups is 1. The second-order valence-corrected chi connectivity index (χ2v) is 9.19. The maximum absolute atomic E-state index is 13.0. The van der Waals surface area contributed by atoms with Gasteiger partial charge in [0.1, 0.15) is 5.82 Å². The minimum absolute atomic E-state index is 0.114. The van der Waals surface area contributed by atoms with Gasteiger partial charge in [0.15, 0.2) is 0 Å². The number of piperidine rings is 1. The van der Waals surface area contributed by atoms with Crippen molar-refractivity contribution in [2.75, 3.05) is 30.3 Å². The summed E-state index contributed by atoms with van der Waals surface area (Å²) in [7, 11) is -3.67. The van der Waals surface area contributed by atoms with Crippen LogP contribution >= 0.6 is 0 Å². The number of halogens is 1. The first kappa shape index (κ1) is 22.7. The summed E-state index contributed by atoms with van der Waals surface area (Å²) in [5.74, 6) is -0.486. The van der Waals surface area contributed by atoms with E-state index in [0.717, 1.165) is 0 Å². The highest BCUT2D eigenvalue weighted by Gasteiger charge is 2.24. The second kappa shape index (κ2) is 9.88. The third-order valence-electron chi connectivity index (χ3n) is 5.04. The Morgan fingerprint density at radius 1 is 0.968 bits per heavy atom. The summed E-state index contributed by atoms with van der Waals surface area (Å²) in [5.41, 5.74) is 1.04. The molecule has 0 radical (unpaired) electrons. The Morgan fingerprint density at radius 2 is 1.52 bits per heavy atom. The van der Waals surface area contributed by atoms with E-state index >= 15 is 0 Å². The zero-order chi connectivity index (χ0) is 22.4. The lowest BCUT2D eigenvalue weighted by Crippen LogP contribution is -2.43. The number of sulfonamides is 1. The number of nitrogens with one attached hydrogen (secondary N) is 3. The van der Waals surface area contributed by atoms with Gasteiger partial charge in [-0.15, -0.1) is 0 Å². The van der Waals surface area contributed by atoms with Gasteiger partial charge < -0.3 is 15.5 Å². The van der Waals surface area contributed by atoms with Crippen molar-refractivity contribution in [1.29, 1.82) is 0 Å². The average molecular weight is 449 g/mol. The molecule has 3 amide bonds. The molecule has 0 spiro atoms. The van der Waals surface area contributed by atoms with E-state index in [-0.39, 0.29) is 35.1 Å². The number of carbonyl (C=O) groups excluding carboxylic acids is 2. The maximum atomic E-state index is 13.0. The van der Waals surface area contributed by atoms with E-state index in [4.69, 9.17) is 0 Å². The summed E-state index contributed by atoms with van der Waals surface area (Å²) in [6.45, 7) is 2.67. The molecule has 0 unspecified atom stereocenters. The van der Waals surface area contributed by atoms with Crippen molar-refractivity contribution in [3.8, 4) is 0 Å². The number of rotatable bonds is 6. The van der Waals surface area contributed by atoms with Gasteiger partial charge in [-0.1, -0.05) is 0 Å². The summed E-state index contributed by atoms with van der Waals surface area (Å²) < 4.78 is 40.6. The predicted molar refractivity (Wildman–Crippen MR) is 116 cm³/mol. The number of amides is 3. The molecule has 0 aliphatic carbocycles. The van der Waals surface area contributed by atoms with Gasteiger partial charge in [0.2, 0.25) is 15.9 Å². The number of nitrogens with zero attached hydrogens (tertiary/aromatic N) is 1. The Labute approximate surface area is 180 Å². The fraction of sp³-hybridized carbons (Fsp3) is 0.333. The standard InChI is InChI=1S/C21H25FN4O4S/c1-15(27)24-18-6-8-20(9-7-18)31(29,30)23-14-16-10-12-26(13-11-16)21(28)25-19-4-2-17(22)3-5-19/h2-9,16,23H,10-14H2,1H3,(H,24,27)(H,25,28). The Hall–Kier alpha value is -2.98. The molecule has 10 heteroatoms. The van der Waals surface area contributed by atoms with Crippen molar-refractivity contribution < 1.29 is 22.4 Å². The van der Waals surface area contributed by atoms with E-state index in [9.17, 15) is 22.4 Å². The normalized spacial score (nSPS) is 14.8. The molecule has 2 aromatic carbocycles. The molecule has 1 fully saturated rings. The molecule has 1 saturated heterocycles. The molecular formula is C21H25FN4O4S. The number of hydrogen-bond donors (Lipinski definition) is 3. The molecule has 0 aromatic heterocycles. The second-order valence-electron chi connectivity index (χ2n) is 7.42. The number of likely N-dealkylation sites (tertiary alicyclic amines) is 1. The highest BCUT2D eigenvalue weighted by atomic mass is 32.2. The van der Waals surface area contributed by atoms with Gasteiger partial charge in [0, 0.05) is 37.9 Å². The Morgan fingerprint density at radius 3 is 2.10 bits per heavy atom. The van der Waals surface area contributed by atoms with Crippen LogP contribution in [0.4, 0.5) is 20.6 Å². The van der Waals surface area contributed by atoms with E-state index in [2.05, 4.69) is 15.4 Å². The summed E-state index contributed by atoms with van der Waals surface area (Å²) in [4.78, 5) is 25.2. The van der Waals surface area contributed by atoms with E-state index in [0.29, 0.717) is 37.3 Å². The van der Waals surface area contributed by atoms with Gasteiger partial charge in [-0.2, -0.15) is 0 Å². The number of benzene rings is 2. The fourth-order valence-electron chi connectivity index (χ4n) is 3.31. The number of anilines is 2. The van der Waals surface area contributed by atoms with Gasteiger partial charge in [0.05, 0.1) is 4.90 Å². The van der Waals surface area contributed by atoms with Crippen molar-refractivity contribution in [3.05, 3.63) is 54.3 Å². The molecule has 166 valence electrons. The van der Waals surface area contributed by atoms with Crippen LogP contribution in [0.5, 0.6) is 0 Å². The predicted octanol–water partition coefficient (Wildman–Crippen LogP) is 3.01. The van der Waals surface area contributed by atoms with Crippen LogP contribution in [-0.2, 0) is 14.8 Å². The third-order valence-corrected chi connectivity index (χ3v) is 6.48. The molecule has 1 heterocycles. The van der Waals surface area contributed by atoms with Crippen LogP contribution in [0.1, 0.15) is 19.8 Å². The molecule has 0 atom stereocenters.